The highest BCUT2D eigenvalue weighted by molar-refractivity contribution is 6.21. The van der Waals surface area contributed by atoms with Gasteiger partial charge in [0.2, 0.25) is 0 Å². The standard InChI is InChI=1S/C29H30N2O5.ClH/c1-15-2-6-18-19(12-15)27(34)31(26(18)33)20-8-9-29(35)22-13-17-5-7-21(32)24-23(17)28(29,25(20)36-24)10-11-30(22)14-16-3-4-16;/h2,5-7,12,16,20,22,25,32,35H,3-4,8-11,13-14H2,1H3;1H/t20-,22-,25+,28+,29-;/m1./s1. The number of likely N-dealkylation sites (tertiary alicyclic amines) is 1. The molecule has 0 unspecified atom stereocenters. The van der Waals surface area contributed by atoms with E-state index in [2.05, 4.69) is 4.90 Å². The lowest BCUT2D eigenvalue weighted by atomic mass is 9.48. The molecule has 1 saturated heterocycles. The Kier molecular flexibility index (Phi) is 4.76. The number of halogens is 1. The molecule has 2 N–H and O–H groups in total. The highest BCUT2D eigenvalue weighted by Gasteiger charge is 2.74. The third-order valence-electron chi connectivity index (χ3n) is 10.1. The molecule has 0 aromatic heterocycles. The summed E-state index contributed by atoms with van der Waals surface area (Å²) in [5.41, 5.74) is 2.04. The van der Waals surface area contributed by atoms with Crippen molar-refractivity contribution in [2.75, 3.05) is 13.1 Å². The number of imide groups is 1. The molecule has 7 nitrogen and oxygen atoms in total. The normalized spacial score (nSPS) is 35.1. The molecule has 2 aromatic carbocycles. The van der Waals surface area contributed by atoms with Gasteiger partial charge in [-0.25, -0.2) is 0 Å². The lowest BCUT2D eigenvalue weighted by Crippen LogP contribution is -2.78. The van der Waals surface area contributed by atoms with E-state index in [-0.39, 0.29) is 36.0 Å². The van der Waals surface area contributed by atoms with Crippen LogP contribution in [0.25, 0.3) is 0 Å². The smallest absolute Gasteiger partial charge is 0.261 e. The minimum absolute atomic E-state index is 0. The molecule has 2 amide bonds. The number of rotatable bonds is 3. The van der Waals surface area contributed by atoms with Gasteiger partial charge in [0.15, 0.2) is 11.5 Å². The van der Waals surface area contributed by atoms with Gasteiger partial charge in [0.25, 0.3) is 11.8 Å². The summed E-state index contributed by atoms with van der Waals surface area (Å²) in [7, 11) is 0. The van der Waals surface area contributed by atoms with Crippen LogP contribution in [-0.2, 0) is 11.8 Å². The molecule has 3 aliphatic heterocycles. The molecule has 0 radical (unpaired) electrons. The molecule has 194 valence electrons. The molecule has 6 aliphatic rings. The van der Waals surface area contributed by atoms with E-state index in [0.717, 1.165) is 36.2 Å². The minimum atomic E-state index is -1.04. The lowest BCUT2D eigenvalue weighted by Gasteiger charge is -2.64. The van der Waals surface area contributed by atoms with Crippen molar-refractivity contribution in [3.63, 3.8) is 0 Å². The van der Waals surface area contributed by atoms with Crippen LogP contribution in [0, 0.1) is 12.8 Å². The van der Waals surface area contributed by atoms with E-state index in [1.807, 2.05) is 19.1 Å². The van der Waals surface area contributed by atoms with Crippen molar-refractivity contribution >= 4 is 24.2 Å². The zero-order chi connectivity index (χ0) is 24.6. The summed E-state index contributed by atoms with van der Waals surface area (Å²) in [4.78, 5) is 31.1. The first-order chi connectivity index (χ1) is 17.3. The number of phenols is 1. The Morgan fingerprint density at radius 3 is 2.62 bits per heavy atom. The molecule has 2 aromatic rings. The zero-order valence-electron chi connectivity index (χ0n) is 20.8. The summed E-state index contributed by atoms with van der Waals surface area (Å²) in [6, 6.07) is 8.51. The Labute approximate surface area is 221 Å². The SMILES string of the molecule is Cc1ccc2c(c1)C(=O)N([C@@H]1CC[C@@]3(O)[C@H]4Cc5ccc(O)c6c5[C@@]3(CCN4CC3CC3)[C@H]1O6)C2=O.Cl. The lowest BCUT2D eigenvalue weighted by molar-refractivity contribution is -0.196. The topological polar surface area (TPSA) is 90.3 Å². The fraction of sp³-hybridized carbons (Fsp3) is 0.517. The van der Waals surface area contributed by atoms with Crippen molar-refractivity contribution in [2.24, 2.45) is 5.92 Å². The van der Waals surface area contributed by atoms with Gasteiger partial charge in [0, 0.05) is 18.2 Å². The molecule has 3 heterocycles. The van der Waals surface area contributed by atoms with Crippen LogP contribution in [0.1, 0.15) is 69.5 Å². The largest absolute Gasteiger partial charge is 0.504 e. The quantitative estimate of drug-likeness (QED) is 0.601. The van der Waals surface area contributed by atoms with Crippen molar-refractivity contribution in [3.8, 4) is 11.5 Å². The third kappa shape index (κ3) is 2.75. The van der Waals surface area contributed by atoms with Gasteiger partial charge in [-0.15, -0.1) is 12.4 Å². The third-order valence-corrected chi connectivity index (χ3v) is 10.1. The van der Waals surface area contributed by atoms with Crippen molar-refractivity contribution in [1.29, 1.82) is 0 Å². The number of aryl methyl sites for hydroxylation is 1. The summed E-state index contributed by atoms with van der Waals surface area (Å²) in [5, 5.41) is 23.5. The van der Waals surface area contributed by atoms with Gasteiger partial charge in [0.1, 0.15) is 6.10 Å². The second kappa shape index (κ2) is 7.49. The van der Waals surface area contributed by atoms with Crippen LogP contribution in [0.3, 0.4) is 0 Å². The van der Waals surface area contributed by atoms with Gasteiger partial charge in [-0.1, -0.05) is 17.7 Å². The van der Waals surface area contributed by atoms with Gasteiger partial charge >= 0.3 is 0 Å². The van der Waals surface area contributed by atoms with Gasteiger partial charge in [-0.05, 0) is 81.7 Å². The maximum Gasteiger partial charge on any atom is 0.261 e. The van der Waals surface area contributed by atoms with Crippen LogP contribution in [0.4, 0.5) is 0 Å². The Morgan fingerprint density at radius 1 is 1.05 bits per heavy atom. The highest BCUT2D eigenvalue weighted by atomic mass is 35.5. The first kappa shape index (κ1) is 23.5. The van der Waals surface area contributed by atoms with Gasteiger partial charge in [-0.2, -0.15) is 0 Å². The number of aromatic hydroxyl groups is 1. The van der Waals surface area contributed by atoms with E-state index in [1.165, 1.54) is 17.7 Å². The number of phenolic OH excluding ortho intramolecular Hbond substituents is 1. The molecule has 8 rings (SSSR count). The van der Waals surface area contributed by atoms with E-state index < -0.39 is 23.2 Å². The van der Waals surface area contributed by atoms with Gasteiger partial charge in [-0.3, -0.25) is 19.4 Å². The van der Waals surface area contributed by atoms with Crippen LogP contribution < -0.4 is 4.74 Å². The molecule has 1 spiro atoms. The number of aliphatic hydroxyl groups is 1. The van der Waals surface area contributed by atoms with Crippen molar-refractivity contribution in [1.82, 2.24) is 9.80 Å². The average molecular weight is 523 g/mol. The highest BCUT2D eigenvalue weighted by Crippen LogP contribution is 2.66. The van der Waals surface area contributed by atoms with Gasteiger partial charge in [0.05, 0.1) is 28.2 Å². The molecular formula is C29H31ClN2O5. The Balaban J connectivity index is 0.00000231. The minimum Gasteiger partial charge on any atom is -0.504 e. The first-order valence-corrected chi connectivity index (χ1v) is 13.3. The Morgan fingerprint density at radius 2 is 1.84 bits per heavy atom. The number of fused-ring (bicyclic) bond motifs is 1. The molecule has 3 fully saturated rings. The van der Waals surface area contributed by atoms with E-state index in [0.29, 0.717) is 42.1 Å². The number of hydrogen-bond donors (Lipinski definition) is 2. The number of benzene rings is 2. The number of carbonyl (C=O) groups is 2. The predicted octanol–water partition coefficient (Wildman–Crippen LogP) is 3.35. The molecule has 2 saturated carbocycles. The van der Waals surface area contributed by atoms with E-state index in [1.54, 1.807) is 18.2 Å². The fourth-order valence-corrected chi connectivity index (χ4v) is 8.39. The number of ether oxygens (including phenoxy) is 1. The summed E-state index contributed by atoms with van der Waals surface area (Å²) in [6.45, 7) is 3.76. The predicted molar refractivity (Wildman–Crippen MR) is 138 cm³/mol. The monoisotopic (exact) mass is 522 g/mol. The van der Waals surface area contributed by atoms with E-state index in [4.69, 9.17) is 4.74 Å². The van der Waals surface area contributed by atoms with Crippen molar-refractivity contribution in [3.05, 3.63) is 58.1 Å². The van der Waals surface area contributed by atoms with Crippen LogP contribution in [0.5, 0.6) is 11.5 Å². The molecule has 5 atom stereocenters. The van der Waals surface area contributed by atoms with E-state index in [9.17, 15) is 19.8 Å². The molecule has 37 heavy (non-hydrogen) atoms. The molecular weight excluding hydrogens is 492 g/mol. The van der Waals surface area contributed by atoms with Gasteiger partial charge < -0.3 is 14.9 Å². The maximum absolute atomic E-state index is 13.6. The second-order valence-corrected chi connectivity index (χ2v) is 11.9. The molecule has 3 aliphatic carbocycles. The summed E-state index contributed by atoms with van der Waals surface area (Å²) < 4.78 is 6.57. The number of amides is 2. The number of carbonyl (C=O) groups excluding carboxylic acids is 2. The molecule has 8 heteroatoms. The Bertz CT molecular complexity index is 1370. The number of hydrogen-bond acceptors (Lipinski definition) is 6. The summed E-state index contributed by atoms with van der Waals surface area (Å²) in [6.07, 6.45) is 4.30. The fourth-order valence-electron chi connectivity index (χ4n) is 8.39. The van der Waals surface area contributed by atoms with E-state index >= 15 is 0 Å². The molecule has 2 bridgehead atoms. The zero-order valence-corrected chi connectivity index (χ0v) is 21.6. The van der Waals surface area contributed by atoms with Crippen molar-refractivity contribution < 1.29 is 24.5 Å². The van der Waals surface area contributed by atoms with Crippen LogP contribution in [0.15, 0.2) is 30.3 Å². The number of nitrogens with zero attached hydrogens (tertiary/aromatic N) is 2. The first-order valence-electron chi connectivity index (χ1n) is 13.3. The Hall–Kier alpha value is -2.61. The van der Waals surface area contributed by atoms with Crippen LogP contribution in [0.2, 0.25) is 0 Å². The summed E-state index contributed by atoms with van der Waals surface area (Å²) >= 11 is 0. The van der Waals surface area contributed by atoms with Crippen LogP contribution >= 0.6 is 12.4 Å². The summed E-state index contributed by atoms with van der Waals surface area (Å²) in [5.74, 6) is 0.644. The van der Waals surface area contributed by atoms with Crippen molar-refractivity contribution in [2.45, 2.75) is 74.7 Å². The second-order valence-electron chi connectivity index (χ2n) is 11.9. The maximum atomic E-state index is 13.6. The number of piperidine rings is 1. The van der Waals surface area contributed by atoms with Crippen LogP contribution in [-0.4, -0.2) is 68.7 Å². The average Bonchev–Trinajstić information content (AvgIpc) is 3.55.